The molecule has 3 N–H and O–H groups in total. The second-order valence-corrected chi connectivity index (χ2v) is 13.0. The zero-order valence-electron chi connectivity index (χ0n) is 24.6. The average molecular weight is 638 g/mol. The van der Waals surface area contributed by atoms with Crippen LogP contribution in [0.5, 0.6) is 0 Å². The number of rotatable bonds is 9. The van der Waals surface area contributed by atoms with E-state index in [4.69, 9.17) is 23.2 Å². The molecule has 2 aliphatic rings. The first-order chi connectivity index (χ1) is 20.3. The van der Waals surface area contributed by atoms with Crippen molar-refractivity contribution in [2.24, 2.45) is 0 Å². The number of aromatic nitrogens is 4. The third kappa shape index (κ3) is 6.23. The minimum absolute atomic E-state index is 0.0147. The number of nitrogens with zero attached hydrogens (tertiary/aromatic N) is 5. The number of carbonyl (C=O) groups is 2. The summed E-state index contributed by atoms with van der Waals surface area (Å²) in [5, 5.41) is 15.2. The summed E-state index contributed by atoms with van der Waals surface area (Å²) in [7, 11) is 0. The normalized spacial score (nSPS) is 19.7. The topological polar surface area (TPSA) is 111 Å². The van der Waals surface area contributed by atoms with Gasteiger partial charge in [0.2, 0.25) is 5.91 Å². The number of amides is 2. The number of likely N-dealkylation sites (tertiary alicyclic amines) is 2. The molecule has 5 rings (SSSR count). The fourth-order valence-corrected chi connectivity index (χ4v) is 6.66. The van der Waals surface area contributed by atoms with E-state index in [1.54, 1.807) is 14.4 Å². The summed E-state index contributed by atoms with van der Waals surface area (Å²) >= 11 is 13.2. The van der Waals surface area contributed by atoms with E-state index in [1.807, 2.05) is 19.1 Å². The van der Waals surface area contributed by atoms with Gasteiger partial charge in [0.15, 0.2) is 11.0 Å². The molecule has 0 spiro atoms. The van der Waals surface area contributed by atoms with E-state index in [2.05, 4.69) is 53.2 Å². The first-order valence-corrected chi connectivity index (χ1v) is 15.0. The Bertz CT molecular complexity index is 1540. The van der Waals surface area contributed by atoms with Gasteiger partial charge in [0.25, 0.3) is 12.3 Å². The molecule has 4 heterocycles. The van der Waals surface area contributed by atoms with Crippen LogP contribution in [0.1, 0.15) is 62.0 Å². The molecule has 14 heteroatoms. The molecule has 232 valence electrons. The van der Waals surface area contributed by atoms with Crippen LogP contribution in [0, 0.1) is 0 Å². The zero-order valence-corrected chi connectivity index (χ0v) is 26.1. The highest BCUT2D eigenvalue weighted by Gasteiger charge is 2.39. The van der Waals surface area contributed by atoms with Crippen molar-refractivity contribution in [1.82, 2.24) is 34.9 Å². The number of imidazole rings is 1. The van der Waals surface area contributed by atoms with Crippen molar-refractivity contribution in [3.8, 4) is 0 Å². The number of anilines is 1. The number of hydrogen-bond donors (Lipinski definition) is 3. The Balaban J connectivity index is 1.44. The number of hydrogen-bond acceptors (Lipinski definition) is 6. The molecule has 0 aliphatic carbocycles. The van der Waals surface area contributed by atoms with Gasteiger partial charge in [-0.05, 0) is 42.5 Å². The molecule has 2 fully saturated rings. The van der Waals surface area contributed by atoms with E-state index in [9.17, 15) is 18.4 Å². The molecule has 2 aliphatic heterocycles. The number of nitrogens with one attached hydrogen (secondary N) is 3. The lowest BCUT2D eigenvalue weighted by Gasteiger charge is -2.39. The van der Waals surface area contributed by atoms with E-state index in [0.29, 0.717) is 42.7 Å². The van der Waals surface area contributed by atoms with Crippen molar-refractivity contribution in [2.45, 2.75) is 70.6 Å². The Labute approximate surface area is 258 Å². The SMILES string of the molecule is C=CC(=O)N1CC(NC(=O)c2c(Cl)nc(CNc3n[nH]c4cc(Cl)c(C(C)(C)C)cc34)n2[C@@H]2CCN(CC(F)F)[C@H]2C)C1. The largest absolute Gasteiger partial charge is 0.361 e. The van der Waals surface area contributed by atoms with Crippen molar-refractivity contribution < 1.29 is 18.4 Å². The maximum absolute atomic E-state index is 13.6. The number of benzene rings is 1. The molecule has 0 unspecified atom stereocenters. The molecule has 2 saturated heterocycles. The molecule has 0 saturated carbocycles. The van der Waals surface area contributed by atoms with Gasteiger partial charge in [0, 0.05) is 36.1 Å². The summed E-state index contributed by atoms with van der Waals surface area (Å²) in [5.41, 5.74) is 1.71. The summed E-state index contributed by atoms with van der Waals surface area (Å²) in [6, 6.07) is 2.98. The molecule has 2 amide bonds. The fraction of sp³-hybridized carbons (Fsp3) is 0.517. The summed E-state index contributed by atoms with van der Waals surface area (Å²) in [6.07, 6.45) is -0.704. The third-order valence-corrected chi connectivity index (χ3v) is 8.86. The van der Waals surface area contributed by atoms with Gasteiger partial charge in [-0.25, -0.2) is 13.8 Å². The number of H-pyrrole nitrogens is 1. The van der Waals surface area contributed by atoms with Gasteiger partial charge in [-0.15, -0.1) is 0 Å². The van der Waals surface area contributed by atoms with Crippen molar-refractivity contribution >= 4 is 51.7 Å². The minimum Gasteiger partial charge on any atom is -0.361 e. The number of fused-ring (bicyclic) bond motifs is 1. The molecule has 43 heavy (non-hydrogen) atoms. The van der Waals surface area contributed by atoms with Crippen LogP contribution in [0.2, 0.25) is 10.2 Å². The quantitative estimate of drug-likeness (QED) is 0.285. The second kappa shape index (κ2) is 12.0. The molecule has 3 aromatic rings. The average Bonchev–Trinajstić information content (AvgIpc) is 3.57. The molecule has 0 bridgehead atoms. The van der Waals surface area contributed by atoms with Gasteiger partial charge in [0.1, 0.15) is 11.5 Å². The molecule has 2 atom stereocenters. The smallest absolute Gasteiger partial charge is 0.271 e. The molecular weight excluding hydrogens is 601 g/mol. The maximum Gasteiger partial charge on any atom is 0.271 e. The number of alkyl halides is 2. The number of carbonyl (C=O) groups excluding carboxylic acids is 2. The van der Waals surface area contributed by atoms with Crippen LogP contribution in [0.3, 0.4) is 0 Å². The lowest BCUT2D eigenvalue weighted by atomic mass is 9.86. The van der Waals surface area contributed by atoms with Gasteiger partial charge >= 0.3 is 0 Å². The third-order valence-electron chi connectivity index (χ3n) is 8.28. The van der Waals surface area contributed by atoms with E-state index in [1.165, 1.54) is 6.08 Å². The van der Waals surface area contributed by atoms with Crippen molar-refractivity contribution in [3.63, 3.8) is 0 Å². The van der Waals surface area contributed by atoms with Crippen LogP contribution < -0.4 is 10.6 Å². The van der Waals surface area contributed by atoms with Crippen LogP contribution in [0.4, 0.5) is 14.6 Å². The highest BCUT2D eigenvalue weighted by Crippen LogP contribution is 2.36. The van der Waals surface area contributed by atoms with Crippen LogP contribution in [-0.4, -0.2) is 86.1 Å². The van der Waals surface area contributed by atoms with Crippen molar-refractivity contribution in [2.75, 3.05) is 31.5 Å². The van der Waals surface area contributed by atoms with E-state index in [0.717, 1.165) is 16.5 Å². The summed E-state index contributed by atoms with van der Waals surface area (Å²) in [6.45, 7) is 12.6. The van der Waals surface area contributed by atoms with Crippen LogP contribution in [-0.2, 0) is 16.8 Å². The highest BCUT2D eigenvalue weighted by atomic mass is 35.5. The summed E-state index contributed by atoms with van der Waals surface area (Å²) in [5.74, 6) is 0.412. The van der Waals surface area contributed by atoms with E-state index >= 15 is 0 Å². The Morgan fingerprint density at radius 1 is 1.26 bits per heavy atom. The first-order valence-electron chi connectivity index (χ1n) is 14.2. The lowest BCUT2D eigenvalue weighted by Crippen LogP contribution is -2.60. The lowest BCUT2D eigenvalue weighted by molar-refractivity contribution is -0.130. The predicted octanol–water partition coefficient (Wildman–Crippen LogP) is 5.00. The fourth-order valence-electron chi connectivity index (χ4n) is 5.94. The zero-order chi connectivity index (χ0) is 31.2. The van der Waals surface area contributed by atoms with Gasteiger partial charge in [-0.1, -0.05) is 50.6 Å². The minimum atomic E-state index is -2.48. The van der Waals surface area contributed by atoms with Crippen molar-refractivity contribution in [3.05, 3.63) is 52.0 Å². The number of aromatic amines is 1. The molecule has 1 aromatic carbocycles. The second-order valence-electron chi connectivity index (χ2n) is 12.2. The number of halogens is 4. The van der Waals surface area contributed by atoms with Crippen LogP contribution >= 0.6 is 23.2 Å². The summed E-state index contributed by atoms with van der Waals surface area (Å²) < 4.78 is 28.4. The summed E-state index contributed by atoms with van der Waals surface area (Å²) in [4.78, 5) is 33.3. The monoisotopic (exact) mass is 636 g/mol. The van der Waals surface area contributed by atoms with Gasteiger partial charge in [-0.3, -0.25) is 19.6 Å². The van der Waals surface area contributed by atoms with Crippen LogP contribution in [0.15, 0.2) is 24.8 Å². The Morgan fingerprint density at radius 2 is 1.98 bits per heavy atom. The predicted molar refractivity (Wildman–Crippen MR) is 163 cm³/mol. The Kier molecular flexibility index (Phi) is 8.75. The Morgan fingerprint density at radius 3 is 2.63 bits per heavy atom. The molecule has 10 nitrogen and oxygen atoms in total. The molecular formula is C29H36Cl2F2N8O2. The standard InChI is InChI=1S/C29H36Cl2F2N8O2/c1-6-24(42)40-12-16(13-40)35-28(43)25-26(31)36-23(41(25)21-7-8-39(15(21)2)14-22(32)33)11-34-27-17-9-18(29(3,4)5)19(30)10-20(17)37-38-27/h6,9-10,15-16,21-22H,1,7-8,11-14H2,2-5H3,(H,35,43)(H2,34,37,38)/t15-,21+/m0/s1. The molecule has 0 radical (unpaired) electrons. The van der Waals surface area contributed by atoms with Gasteiger partial charge in [0.05, 0.1) is 30.7 Å². The van der Waals surface area contributed by atoms with Crippen LogP contribution in [0.25, 0.3) is 10.9 Å². The van der Waals surface area contributed by atoms with E-state index < -0.39 is 12.3 Å². The van der Waals surface area contributed by atoms with Crippen molar-refractivity contribution in [1.29, 1.82) is 0 Å². The maximum atomic E-state index is 13.6. The molecule has 2 aromatic heterocycles. The van der Waals surface area contributed by atoms with E-state index in [-0.39, 0.29) is 53.4 Å². The van der Waals surface area contributed by atoms with Gasteiger partial charge < -0.3 is 20.1 Å². The first kappa shape index (κ1) is 31.2. The Hall–Kier alpha value is -3.22. The van der Waals surface area contributed by atoms with Gasteiger partial charge in [-0.2, -0.15) is 5.10 Å². The highest BCUT2D eigenvalue weighted by molar-refractivity contribution is 6.32.